The lowest BCUT2D eigenvalue weighted by Crippen LogP contribution is -2.46. The van der Waals surface area contributed by atoms with Crippen LogP contribution in [0.15, 0.2) is 60.8 Å². The monoisotopic (exact) mass is 896 g/mol. The van der Waals surface area contributed by atoms with E-state index in [4.69, 9.17) is 4.74 Å². The van der Waals surface area contributed by atoms with Crippen molar-refractivity contribution in [1.82, 2.24) is 5.32 Å². The molecule has 1 amide bonds. The van der Waals surface area contributed by atoms with Gasteiger partial charge in [-0.1, -0.05) is 255 Å². The number of rotatable bonds is 49. The highest BCUT2D eigenvalue weighted by atomic mass is 16.5. The number of amides is 1. The van der Waals surface area contributed by atoms with Gasteiger partial charge in [-0.05, 0) is 64.2 Å². The highest BCUT2D eigenvalue weighted by molar-refractivity contribution is 5.77. The lowest BCUT2D eigenvalue weighted by atomic mass is 10.0. The summed E-state index contributed by atoms with van der Waals surface area (Å²) in [5.74, 6) is -0.523. The van der Waals surface area contributed by atoms with Gasteiger partial charge in [0, 0.05) is 6.42 Å². The Hall–Kier alpha value is -2.44. The van der Waals surface area contributed by atoms with Gasteiger partial charge in [0.15, 0.2) is 0 Å². The van der Waals surface area contributed by atoms with E-state index < -0.39 is 18.2 Å². The van der Waals surface area contributed by atoms with Crippen molar-refractivity contribution >= 4 is 11.9 Å². The maximum atomic E-state index is 13.2. The van der Waals surface area contributed by atoms with Crippen LogP contribution in [0.4, 0.5) is 0 Å². The van der Waals surface area contributed by atoms with Crippen molar-refractivity contribution in [2.45, 2.75) is 289 Å². The third-order valence-electron chi connectivity index (χ3n) is 12.4. The third-order valence-corrected chi connectivity index (χ3v) is 12.4. The van der Waals surface area contributed by atoms with Gasteiger partial charge >= 0.3 is 5.97 Å². The summed E-state index contributed by atoms with van der Waals surface area (Å²) in [4.78, 5) is 26.2. The van der Waals surface area contributed by atoms with Gasteiger partial charge in [0.2, 0.25) is 5.91 Å². The van der Waals surface area contributed by atoms with Gasteiger partial charge in [-0.15, -0.1) is 0 Å². The minimum absolute atomic E-state index is 0.0395. The topological polar surface area (TPSA) is 95.9 Å². The maximum Gasteiger partial charge on any atom is 0.306 e. The lowest BCUT2D eigenvalue weighted by Gasteiger charge is -2.24. The molecular formula is C58H105NO5. The van der Waals surface area contributed by atoms with Crippen molar-refractivity contribution in [1.29, 1.82) is 0 Å². The molecule has 0 spiro atoms. The van der Waals surface area contributed by atoms with E-state index in [0.717, 1.165) is 83.5 Å². The summed E-state index contributed by atoms with van der Waals surface area (Å²) >= 11 is 0. The molecule has 3 atom stereocenters. The molecule has 0 radical (unpaired) electrons. The zero-order valence-corrected chi connectivity index (χ0v) is 42.4. The number of aliphatic hydroxyl groups is 2. The summed E-state index contributed by atoms with van der Waals surface area (Å²) in [6, 6.07) is -0.719. The maximum absolute atomic E-state index is 13.2. The van der Waals surface area contributed by atoms with Crippen LogP contribution in [0, 0.1) is 0 Å². The molecule has 3 unspecified atom stereocenters. The molecule has 6 heteroatoms. The number of unbranched alkanes of at least 4 members (excludes halogenated alkanes) is 27. The van der Waals surface area contributed by atoms with E-state index in [9.17, 15) is 19.8 Å². The van der Waals surface area contributed by atoms with E-state index in [2.05, 4.69) is 86.8 Å². The van der Waals surface area contributed by atoms with Crippen molar-refractivity contribution in [3.05, 3.63) is 60.8 Å². The smallest absolute Gasteiger partial charge is 0.306 e. The van der Waals surface area contributed by atoms with Crippen LogP contribution in [0.1, 0.15) is 271 Å². The highest BCUT2D eigenvalue weighted by Crippen LogP contribution is 2.18. The summed E-state index contributed by atoms with van der Waals surface area (Å²) in [5, 5.41) is 23.7. The van der Waals surface area contributed by atoms with E-state index in [1.165, 1.54) is 141 Å². The first-order valence-electron chi connectivity index (χ1n) is 27.5. The predicted octanol–water partition coefficient (Wildman–Crippen LogP) is 16.8. The van der Waals surface area contributed by atoms with Gasteiger partial charge < -0.3 is 20.3 Å². The molecule has 0 saturated carbocycles. The molecule has 0 aliphatic carbocycles. The number of aliphatic hydroxyl groups excluding tert-OH is 2. The molecular weight excluding hydrogens is 791 g/mol. The van der Waals surface area contributed by atoms with E-state index in [0.29, 0.717) is 19.3 Å². The van der Waals surface area contributed by atoms with Crippen LogP contribution in [-0.4, -0.2) is 46.9 Å². The van der Waals surface area contributed by atoms with Gasteiger partial charge in [-0.3, -0.25) is 9.59 Å². The standard InChI is InChI=1S/C58H105NO5/c1-4-7-10-13-16-19-21-23-25-27-28-30-32-34-36-39-42-45-48-51-58(63)64-54(49-46-43-40-38-35-33-31-29-26-24-22-20-17-14-11-8-5-2)52-57(62)59-55(53-60)56(61)50-47-44-41-37-18-15-12-9-6-3/h8,11,17,20,24,26,31,33,38,40,54-56,60-61H,4-7,9-10,12-16,18-19,21-23,25,27-30,32,34-37,39,41-53H2,1-3H3,(H,59,62)/b11-8-,20-17-,26-24-,33-31-,40-38-. The van der Waals surface area contributed by atoms with Crippen LogP contribution in [0.3, 0.4) is 0 Å². The molecule has 0 aliphatic heterocycles. The summed E-state index contributed by atoms with van der Waals surface area (Å²) in [7, 11) is 0. The Balaban J connectivity index is 4.60. The fraction of sp³-hybridized carbons (Fsp3) is 0.793. The molecule has 64 heavy (non-hydrogen) atoms. The molecule has 372 valence electrons. The second-order valence-corrected chi connectivity index (χ2v) is 18.6. The number of carbonyl (C=O) groups excluding carboxylic acids is 2. The first-order valence-corrected chi connectivity index (χ1v) is 27.5. The number of allylic oxidation sites excluding steroid dienone is 10. The van der Waals surface area contributed by atoms with E-state index >= 15 is 0 Å². The molecule has 0 aromatic rings. The van der Waals surface area contributed by atoms with E-state index in [1.54, 1.807) is 0 Å². The average Bonchev–Trinajstić information content (AvgIpc) is 3.29. The van der Waals surface area contributed by atoms with E-state index in [-0.39, 0.29) is 24.9 Å². The Morgan fingerprint density at radius 3 is 1.25 bits per heavy atom. The Kier molecular flexibility index (Phi) is 49.6. The Morgan fingerprint density at radius 2 is 0.844 bits per heavy atom. The molecule has 0 aliphatic rings. The lowest BCUT2D eigenvalue weighted by molar-refractivity contribution is -0.151. The van der Waals surface area contributed by atoms with Crippen LogP contribution in [0.5, 0.6) is 0 Å². The van der Waals surface area contributed by atoms with Crippen molar-refractivity contribution in [3.63, 3.8) is 0 Å². The molecule has 0 heterocycles. The first kappa shape index (κ1) is 61.6. The summed E-state index contributed by atoms with van der Waals surface area (Å²) in [6.07, 6.45) is 64.4. The zero-order valence-electron chi connectivity index (χ0n) is 42.4. The molecule has 3 N–H and O–H groups in total. The third kappa shape index (κ3) is 46.1. The fourth-order valence-electron chi connectivity index (χ4n) is 8.23. The zero-order chi connectivity index (χ0) is 46.7. The van der Waals surface area contributed by atoms with Gasteiger partial charge in [-0.2, -0.15) is 0 Å². The number of hydrogen-bond acceptors (Lipinski definition) is 5. The largest absolute Gasteiger partial charge is 0.462 e. The second-order valence-electron chi connectivity index (χ2n) is 18.6. The molecule has 0 rings (SSSR count). The van der Waals surface area contributed by atoms with Gasteiger partial charge in [0.1, 0.15) is 6.10 Å². The van der Waals surface area contributed by atoms with Crippen LogP contribution in [0.25, 0.3) is 0 Å². The van der Waals surface area contributed by atoms with Gasteiger partial charge in [0.25, 0.3) is 0 Å². The number of nitrogens with one attached hydrogen (secondary N) is 1. The van der Waals surface area contributed by atoms with Crippen molar-refractivity contribution in [2.24, 2.45) is 0 Å². The van der Waals surface area contributed by atoms with Crippen molar-refractivity contribution in [2.75, 3.05) is 6.61 Å². The number of hydrogen-bond donors (Lipinski definition) is 3. The summed E-state index contributed by atoms with van der Waals surface area (Å²) < 4.78 is 5.92. The molecule has 6 nitrogen and oxygen atoms in total. The number of esters is 1. The highest BCUT2D eigenvalue weighted by Gasteiger charge is 2.24. The first-order chi connectivity index (χ1) is 31.5. The van der Waals surface area contributed by atoms with Crippen LogP contribution in [-0.2, 0) is 14.3 Å². The number of ether oxygens (including phenoxy) is 1. The fourth-order valence-corrected chi connectivity index (χ4v) is 8.23. The van der Waals surface area contributed by atoms with Crippen molar-refractivity contribution in [3.8, 4) is 0 Å². The molecule has 0 fully saturated rings. The minimum Gasteiger partial charge on any atom is -0.462 e. The number of carbonyl (C=O) groups is 2. The van der Waals surface area contributed by atoms with Crippen molar-refractivity contribution < 1.29 is 24.5 Å². The molecule has 0 bridgehead atoms. The quantitative estimate of drug-likeness (QED) is 0.0321. The normalized spacial score (nSPS) is 13.6. The molecule has 0 aromatic carbocycles. The summed E-state index contributed by atoms with van der Waals surface area (Å²) in [5.41, 5.74) is 0. The predicted molar refractivity (Wildman–Crippen MR) is 278 cm³/mol. The second kappa shape index (κ2) is 51.5. The SMILES string of the molecule is CC/C=C\C/C=C\C/C=C\C/C=C\C/C=C\CCCC(CC(=O)NC(CO)C(O)CCCCCCCCCCC)OC(=O)CCCCCCCCCCCCCCCCCCCCC. The Morgan fingerprint density at radius 1 is 0.469 bits per heavy atom. The summed E-state index contributed by atoms with van der Waals surface area (Å²) in [6.45, 7) is 6.35. The Labute approximate surface area is 397 Å². The minimum atomic E-state index is -0.802. The van der Waals surface area contributed by atoms with Gasteiger partial charge in [-0.25, -0.2) is 0 Å². The van der Waals surface area contributed by atoms with Gasteiger partial charge in [0.05, 0.1) is 25.2 Å². The molecule has 0 aromatic heterocycles. The Bertz CT molecular complexity index is 1140. The van der Waals surface area contributed by atoms with Crippen LogP contribution >= 0.6 is 0 Å². The van der Waals surface area contributed by atoms with Crippen LogP contribution < -0.4 is 5.32 Å². The average molecular weight is 896 g/mol. The van der Waals surface area contributed by atoms with E-state index in [1.807, 2.05) is 0 Å². The molecule has 0 saturated heterocycles. The van der Waals surface area contributed by atoms with Crippen LogP contribution in [0.2, 0.25) is 0 Å².